The molecule has 1 aliphatic heterocycles. The van der Waals surface area contributed by atoms with Gasteiger partial charge in [-0.15, -0.1) is 0 Å². The van der Waals surface area contributed by atoms with Crippen LogP contribution in [-0.2, 0) is 9.16 Å². The van der Waals surface area contributed by atoms with Gasteiger partial charge >= 0.3 is 0 Å². The molecule has 82 valence electrons. The van der Waals surface area contributed by atoms with Crippen molar-refractivity contribution in [2.24, 2.45) is 0 Å². The minimum Gasteiger partial charge on any atom is -0.409 e. The largest absolute Gasteiger partial charge is 0.409 e. The van der Waals surface area contributed by atoms with Crippen molar-refractivity contribution >= 4 is 8.32 Å². The molecule has 0 unspecified atom stereocenters. The highest BCUT2D eigenvalue weighted by Crippen LogP contribution is 2.46. The molecule has 3 heteroatoms. The minimum atomic E-state index is -1.43. The van der Waals surface area contributed by atoms with Crippen LogP contribution in [0.2, 0.25) is 19.6 Å². The van der Waals surface area contributed by atoms with E-state index in [-0.39, 0.29) is 5.60 Å². The molecule has 0 amide bonds. The summed E-state index contributed by atoms with van der Waals surface area (Å²) in [5, 5.41) is 0. The van der Waals surface area contributed by atoms with Crippen LogP contribution < -0.4 is 0 Å². The molecule has 0 radical (unpaired) electrons. The van der Waals surface area contributed by atoms with Crippen LogP contribution in [0.1, 0.15) is 32.6 Å². The van der Waals surface area contributed by atoms with Gasteiger partial charge in [0.25, 0.3) is 0 Å². The first-order valence-electron chi connectivity index (χ1n) is 5.79. The third-order valence-corrected chi connectivity index (χ3v) is 4.21. The van der Waals surface area contributed by atoms with Gasteiger partial charge in [0.05, 0.1) is 11.7 Å². The Labute approximate surface area is 88.1 Å². The van der Waals surface area contributed by atoms with Gasteiger partial charge in [-0.3, -0.25) is 0 Å². The molecule has 0 bridgehead atoms. The van der Waals surface area contributed by atoms with Crippen molar-refractivity contribution < 1.29 is 9.16 Å². The Hall–Kier alpha value is 0.137. The molecule has 2 atom stereocenters. The van der Waals surface area contributed by atoms with Crippen molar-refractivity contribution in [1.29, 1.82) is 0 Å². The highest BCUT2D eigenvalue weighted by Gasteiger charge is 2.55. The van der Waals surface area contributed by atoms with Crippen LogP contribution >= 0.6 is 0 Å². The average molecular weight is 214 g/mol. The summed E-state index contributed by atoms with van der Waals surface area (Å²) in [6.45, 7) is 9.00. The van der Waals surface area contributed by atoms with Crippen molar-refractivity contribution in [2.45, 2.75) is 70.1 Å². The van der Waals surface area contributed by atoms with Gasteiger partial charge in [-0.05, 0) is 39.4 Å². The summed E-state index contributed by atoms with van der Waals surface area (Å²) < 4.78 is 12.0. The maximum absolute atomic E-state index is 6.39. The fraction of sp³-hybridized carbons (Fsp3) is 1.00. The maximum atomic E-state index is 6.39. The number of rotatable bonds is 3. The zero-order valence-corrected chi connectivity index (χ0v) is 10.8. The quantitative estimate of drug-likeness (QED) is 0.532. The Kier molecular flexibility index (Phi) is 2.53. The van der Waals surface area contributed by atoms with E-state index in [0.717, 1.165) is 0 Å². The predicted octanol–water partition coefficient (Wildman–Crippen LogP) is 2.94. The molecule has 14 heavy (non-hydrogen) atoms. The maximum Gasteiger partial charge on any atom is 0.184 e. The van der Waals surface area contributed by atoms with E-state index < -0.39 is 8.32 Å². The normalized spacial score (nSPS) is 36.0. The molecular weight excluding hydrogens is 192 g/mol. The molecule has 1 heterocycles. The first-order chi connectivity index (χ1) is 6.43. The molecule has 0 spiro atoms. The second kappa shape index (κ2) is 3.32. The van der Waals surface area contributed by atoms with E-state index in [0.29, 0.717) is 12.2 Å². The molecule has 1 aliphatic carbocycles. The molecule has 1 saturated heterocycles. The van der Waals surface area contributed by atoms with Gasteiger partial charge in [0.1, 0.15) is 6.10 Å². The first-order valence-corrected chi connectivity index (χ1v) is 9.19. The topological polar surface area (TPSA) is 21.8 Å². The molecule has 0 aromatic carbocycles. The second-order valence-corrected chi connectivity index (χ2v) is 10.2. The fourth-order valence-corrected chi connectivity index (χ4v) is 4.31. The van der Waals surface area contributed by atoms with Crippen LogP contribution in [0.3, 0.4) is 0 Å². The fourth-order valence-electron chi connectivity index (χ4n) is 2.77. The van der Waals surface area contributed by atoms with Crippen LogP contribution in [0, 0.1) is 0 Å². The van der Waals surface area contributed by atoms with Gasteiger partial charge in [-0.25, -0.2) is 0 Å². The highest BCUT2D eigenvalue weighted by molar-refractivity contribution is 6.69. The van der Waals surface area contributed by atoms with Gasteiger partial charge < -0.3 is 9.16 Å². The zero-order chi connectivity index (χ0) is 10.4. The minimum absolute atomic E-state index is 0.101. The Morgan fingerprint density at radius 2 is 1.71 bits per heavy atom. The highest BCUT2D eigenvalue weighted by atomic mass is 28.4. The first kappa shape index (κ1) is 10.6. The van der Waals surface area contributed by atoms with Crippen molar-refractivity contribution in [2.75, 3.05) is 0 Å². The smallest absolute Gasteiger partial charge is 0.184 e. The lowest BCUT2D eigenvalue weighted by Gasteiger charge is -2.35. The third-order valence-electron chi connectivity index (χ3n) is 3.19. The lowest BCUT2D eigenvalue weighted by atomic mass is 9.96. The third kappa shape index (κ3) is 2.04. The van der Waals surface area contributed by atoms with Gasteiger partial charge in [0.15, 0.2) is 8.32 Å². The van der Waals surface area contributed by atoms with Crippen molar-refractivity contribution in [3.8, 4) is 0 Å². The molecule has 0 aromatic heterocycles. The van der Waals surface area contributed by atoms with Crippen LogP contribution in [-0.4, -0.2) is 26.1 Å². The summed E-state index contributed by atoms with van der Waals surface area (Å²) in [4.78, 5) is 0. The Morgan fingerprint density at radius 3 is 2.07 bits per heavy atom. The molecular formula is C11H22O2Si. The Bertz CT molecular complexity index is 216. The average Bonchev–Trinajstić information content (AvgIpc) is 2.59. The lowest BCUT2D eigenvalue weighted by molar-refractivity contribution is 0.0369. The van der Waals surface area contributed by atoms with Crippen LogP contribution in [0.4, 0.5) is 0 Å². The van der Waals surface area contributed by atoms with E-state index >= 15 is 0 Å². The summed E-state index contributed by atoms with van der Waals surface area (Å²) in [5.41, 5.74) is 0.101. The Balaban J connectivity index is 2.07. The summed E-state index contributed by atoms with van der Waals surface area (Å²) >= 11 is 0. The molecule has 1 saturated carbocycles. The van der Waals surface area contributed by atoms with Crippen LogP contribution in [0.15, 0.2) is 0 Å². The van der Waals surface area contributed by atoms with E-state index in [4.69, 9.17) is 9.16 Å². The molecule has 2 nitrogen and oxygen atoms in total. The van der Waals surface area contributed by atoms with E-state index in [1.807, 2.05) is 0 Å². The van der Waals surface area contributed by atoms with Gasteiger partial charge in [-0.1, -0.05) is 12.8 Å². The summed E-state index contributed by atoms with van der Waals surface area (Å²) in [6.07, 6.45) is 5.90. The lowest BCUT2D eigenvalue weighted by Crippen LogP contribution is -2.45. The summed E-state index contributed by atoms with van der Waals surface area (Å²) in [5.74, 6) is 0. The second-order valence-electron chi connectivity index (χ2n) is 5.75. The van der Waals surface area contributed by atoms with Crippen LogP contribution in [0.5, 0.6) is 0 Å². The number of hydrogen-bond acceptors (Lipinski definition) is 2. The molecule has 2 fully saturated rings. The number of epoxide rings is 1. The van der Waals surface area contributed by atoms with Crippen molar-refractivity contribution in [1.82, 2.24) is 0 Å². The number of hydrogen-bond donors (Lipinski definition) is 0. The van der Waals surface area contributed by atoms with Crippen molar-refractivity contribution in [3.63, 3.8) is 0 Å². The van der Waals surface area contributed by atoms with Gasteiger partial charge in [-0.2, -0.15) is 0 Å². The molecule has 0 aromatic rings. The monoisotopic (exact) mass is 214 g/mol. The van der Waals surface area contributed by atoms with E-state index in [2.05, 4.69) is 26.6 Å². The predicted molar refractivity (Wildman–Crippen MR) is 60.0 cm³/mol. The number of ether oxygens (including phenoxy) is 1. The molecule has 2 aliphatic rings. The van der Waals surface area contributed by atoms with Gasteiger partial charge in [0.2, 0.25) is 0 Å². The van der Waals surface area contributed by atoms with E-state index in [1.165, 1.54) is 25.7 Å². The molecule has 2 rings (SSSR count). The summed E-state index contributed by atoms with van der Waals surface area (Å²) in [6, 6.07) is 0. The standard InChI is InChI=1S/C11H22O2Si/c1-9-10(12-9)11(7-5-6-8-11)13-14(2,3)4/h9-10H,5-8H2,1-4H3/t9-,10+/m1/s1. The summed E-state index contributed by atoms with van der Waals surface area (Å²) in [7, 11) is -1.43. The van der Waals surface area contributed by atoms with E-state index in [1.54, 1.807) is 0 Å². The van der Waals surface area contributed by atoms with Gasteiger partial charge in [0, 0.05) is 0 Å². The van der Waals surface area contributed by atoms with Crippen molar-refractivity contribution in [3.05, 3.63) is 0 Å². The van der Waals surface area contributed by atoms with E-state index in [9.17, 15) is 0 Å². The SMILES string of the molecule is C[C@H]1O[C@@H]1C1(O[Si](C)(C)C)CCCC1. The molecule has 0 N–H and O–H groups in total. The van der Waals surface area contributed by atoms with Crippen LogP contribution in [0.25, 0.3) is 0 Å². The Morgan fingerprint density at radius 1 is 1.21 bits per heavy atom. The zero-order valence-electron chi connectivity index (χ0n) is 9.80.